The van der Waals surface area contributed by atoms with Crippen molar-refractivity contribution in [1.82, 2.24) is 0 Å². The molecule has 0 fully saturated rings. The van der Waals surface area contributed by atoms with Gasteiger partial charge in [0.05, 0.1) is 0 Å². The van der Waals surface area contributed by atoms with Gasteiger partial charge in [0, 0.05) is 16.8 Å². The molecular weight excluding hydrogens is 254 g/mol. The Kier molecular flexibility index (Phi) is 14.8. The van der Waals surface area contributed by atoms with Gasteiger partial charge in [-0.1, -0.05) is 24.3 Å². The van der Waals surface area contributed by atoms with Crippen LogP contribution < -0.4 is 0 Å². The average Bonchev–Trinajstić information content (AvgIpc) is 1.82. The standard InChI is InChI=1S/C8H12.CCl2O.Co/c1-2-4-6-8-7-5-3-1;2-1(3)4;/h1-2,7-8H,3-6H2;;/b2-1-,8-7?;;. The molecule has 1 rings (SSSR count). The molecule has 1 aliphatic carbocycles. The van der Waals surface area contributed by atoms with Crippen LogP contribution in [0.4, 0.5) is 4.79 Å². The third-order valence-electron chi connectivity index (χ3n) is 1.33. The Bertz CT molecular complexity index is 148. The predicted octanol–water partition coefficient (Wildman–Crippen LogP) is 4.25. The summed E-state index contributed by atoms with van der Waals surface area (Å²) < 4.78 is -0.889. The number of rotatable bonds is 0. The van der Waals surface area contributed by atoms with Gasteiger partial charge in [-0.15, -0.1) is 0 Å². The van der Waals surface area contributed by atoms with Crippen LogP contribution in [0.25, 0.3) is 0 Å². The third-order valence-corrected chi connectivity index (χ3v) is 1.33. The molecule has 4 heteroatoms. The van der Waals surface area contributed by atoms with E-state index in [4.69, 9.17) is 4.79 Å². The molecule has 0 heterocycles. The first-order valence-corrected chi connectivity index (χ1v) is 4.64. The van der Waals surface area contributed by atoms with E-state index in [0.717, 1.165) is 0 Å². The first-order chi connectivity index (χ1) is 5.73. The Morgan fingerprint density at radius 3 is 1.15 bits per heavy atom. The van der Waals surface area contributed by atoms with E-state index in [0.29, 0.717) is 0 Å². The van der Waals surface area contributed by atoms with Crippen LogP contribution in [0.2, 0.25) is 0 Å². The molecule has 0 N–H and O–H groups in total. The van der Waals surface area contributed by atoms with Gasteiger partial charge < -0.3 is 0 Å². The molecule has 0 aromatic carbocycles. The minimum Gasteiger partial charge on any atom is -0.262 e. The molecule has 0 saturated carbocycles. The maximum absolute atomic E-state index is 8.98. The van der Waals surface area contributed by atoms with Gasteiger partial charge in [-0.3, -0.25) is 4.79 Å². The van der Waals surface area contributed by atoms with Crippen LogP contribution in [-0.2, 0) is 16.8 Å². The molecule has 1 nitrogen and oxygen atoms in total. The Balaban J connectivity index is 0. The Morgan fingerprint density at radius 2 is 1.00 bits per heavy atom. The maximum Gasteiger partial charge on any atom is 0.313 e. The second-order valence-corrected chi connectivity index (χ2v) is 3.20. The molecule has 0 aromatic rings. The fourth-order valence-corrected chi connectivity index (χ4v) is 0.856. The molecule has 0 amide bonds. The molecular formula is C9H12Cl2CoO. The van der Waals surface area contributed by atoms with Gasteiger partial charge in [-0.25, -0.2) is 0 Å². The van der Waals surface area contributed by atoms with Crippen LogP contribution in [0.3, 0.4) is 0 Å². The summed E-state index contributed by atoms with van der Waals surface area (Å²) in [6.45, 7) is 0. The van der Waals surface area contributed by atoms with Crippen LogP contribution in [0, 0.1) is 0 Å². The Morgan fingerprint density at radius 1 is 0.846 bits per heavy atom. The summed E-state index contributed by atoms with van der Waals surface area (Å²) in [6.07, 6.45) is 14.0. The zero-order valence-corrected chi connectivity index (χ0v) is 9.69. The minimum atomic E-state index is -0.889. The smallest absolute Gasteiger partial charge is 0.262 e. The fraction of sp³-hybridized carbons (Fsp3) is 0.444. The second-order valence-electron chi connectivity index (χ2n) is 2.32. The topological polar surface area (TPSA) is 17.1 Å². The van der Waals surface area contributed by atoms with Crippen LogP contribution in [0.15, 0.2) is 24.3 Å². The summed E-state index contributed by atoms with van der Waals surface area (Å²) in [5, 5.41) is 0. The van der Waals surface area contributed by atoms with Crippen LogP contribution in [-0.4, -0.2) is 4.70 Å². The van der Waals surface area contributed by atoms with Crippen LogP contribution in [0.1, 0.15) is 25.7 Å². The number of carbonyl (C=O) groups excluding carboxylic acids is 1. The second kappa shape index (κ2) is 12.2. The van der Waals surface area contributed by atoms with Crippen molar-refractivity contribution < 1.29 is 21.6 Å². The molecule has 1 radical (unpaired) electrons. The van der Waals surface area contributed by atoms with Crippen molar-refractivity contribution in [3.05, 3.63) is 24.3 Å². The first-order valence-electron chi connectivity index (χ1n) is 3.88. The summed E-state index contributed by atoms with van der Waals surface area (Å²) >= 11 is 8.80. The maximum atomic E-state index is 8.98. The van der Waals surface area contributed by atoms with Gasteiger partial charge in [-0.05, 0) is 48.9 Å². The Hall–Kier alpha value is 0.236. The average molecular weight is 266 g/mol. The number of hydrogen-bond acceptors (Lipinski definition) is 1. The van der Waals surface area contributed by atoms with Crippen molar-refractivity contribution >= 4 is 27.9 Å². The zero-order chi connectivity index (χ0) is 9.23. The van der Waals surface area contributed by atoms with Crippen molar-refractivity contribution in [3.63, 3.8) is 0 Å². The third kappa shape index (κ3) is 18.9. The van der Waals surface area contributed by atoms with E-state index in [9.17, 15) is 0 Å². The van der Waals surface area contributed by atoms with Gasteiger partial charge in [0.1, 0.15) is 0 Å². The largest absolute Gasteiger partial charge is 0.313 e. The molecule has 1 aliphatic rings. The normalized spacial score (nSPS) is 16.8. The van der Waals surface area contributed by atoms with Gasteiger partial charge in [-0.2, -0.15) is 0 Å². The van der Waals surface area contributed by atoms with Gasteiger partial charge in [0.25, 0.3) is 0 Å². The minimum absolute atomic E-state index is 0. The van der Waals surface area contributed by atoms with E-state index in [-0.39, 0.29) is 16.8 Å². The molecule has 77 valence electrons. The SMILES string of the molecule is C1=CCC/C=C\CC1.O=C(Cl)Cl.[Co]. The van der Waals surface area contributed by atoms with Gasteiger partial charge in [0.15, 0.2) is 0 Å². The molecule has 0 atom stereocenters. The van der Waals surface area contributed by atoms with Crippen LogP contribution in [0.5, 0.6) is 0 Å². The van der Waals surface area contributed by atoms with E-state index in [2.05, 4.69) is 47.5 Å². The van der Waals surface area contributed by atoms with Crippen molar-refractivity contribution in [3.8, 4) is 0 Å². The van der Waals surface area contributed by atoms with Crippen LogP contribution >= 0.6 is 23.2 Å². The molecule has 0 aliphatic heterocycles. The predicted molar refractivity (Wildman–Crippen MR) is 53.9 cm³/mol. The molecule has 13 heavy (non-hydrogen) atoms. The van der Waals surface area contributed by atoms with Crippen molar-refractivity contribution in [1.29, 1.82) is 0 Å². The molecule has 0 bridgehead atoms. The fourth-order valence-electron chi connectivity index (χ4n) is 0.856. The summed E-state index contributed by atoms with van der Waals surface area (Å²) in [4.78, 5) is 8.98. The van der Waals surface area contributed by atoms with Gasteiger partial charge >= 0.3 is 4.70 Å². The summed E-state index contributed by atoms with van der Waals surface area (Å²) in [6, 6.07) is 0. The van der Waals surface area contributed by atoms with E-state index >= 15 is 0 Å². The molecule has 0 unspecified atom stereocenters. The number of allylic oxidation sites excluding steroid dienone is 4. The van der Waals surface area contributed by atoms with E-state index in [1.807, 2.05) is 0 Å². The number of carbonyl (C=O) groups is 1. The monoisotopic (exact) mass is 265 g/mol. The summed E-state index contributed by atoms with van der Waals surface area (Å²) in [7, 11) is 0. The van der Waals surface area contributed by atoms with E-state index in [1.165, 1.54) is 25.7 Å². The Labute approximate surface area is 99.4 Å². The summed E-state index contributed by atoms with van der Waals surface area (Å²) in [5.74, 6) is 0. The molecule has 0 aromatic heterocycles. The number of hydrogen-bond donors (Lipinski definition) is 0. The zero-order valence-electron chi connectivity index (χ0n) is 7.14. The first kappa shape index (κ1) is 15.7. The summed E-state index contributed by atoms with van der Waals surface area (Å²) in [5.41, 5.74) is 0. The van der Waals surface area contributed by atoms with E-state index < -0.39 is 4.70 Å². The quantitative estimate of drug-likeness (QED) is 0.473. The molecule has 0 spiro atoms. The number of halogens is 2. The van der Waals surface area contributed by atoms with Crippen molar-refractivity contribution in [2.75, 3.05) is 0 Å². The van der Waals surface area contributed by atoms with E-state index in [1.54, 1.807) is 0 Å². The van der Waals surface area contributed by atoms with Gasteiger partial charge in [0.2, 0.25) is 0 Å². The van der Waals surface area contributed by atoms with Crippen molar-refractivity contribution in [2.45, 2.75) is 25.7 Å². The van der Waals surface area contributed by atoms with Crippen molar-refractivity contribution in [2.24, 2.45) is 0 Å². The molecule has 0 saturated heterocycles.